The zero-order valence-corrected chi connectivity index (χ0v) is 11.5. The molecule has 19 heavy (non-hydrogen) atoms. The summed E-state index contributed by atoms with van der Waals surface area (Å²) in [6.07, 6.45) is 1.74. The van der Waals surface area contributed by atoms with Crippen molar-refractivity contribution < 1.29 is 9.53 Å². The van der Waals surface area contributed by atoms with Gasteiger partial charge in [0.05, 0.1) is 18.2 Å². The summed E-state index contributed by atoms with van der Waals surface area (Å²) in [5, 5.41) is 6.19. The topological polar surface area (TPSA) is 50.4 Å². The molecular formula is C14H19ClN2O2. The van der Waals surface area contributed by atoms with E-state index >= 15 is 0 Å². The van der Waals surface area contributed by atoms with Crippen molar-refractivity contribution in [2.45, 2.75) is 24.4 Å². The van der Waals surface area contributed by atoms with Crippen LogP contribution in [0.5, 0.6) is 0 Å². The van der Waals surface area contributed by atoms with Gasteiger partial charge in [0.15, 0.2) is 0 Å². The lowest BCUT2D eigenvalue weighted by atomic mass is 9.80. The molecule has 3 rings (SSSR count). The molecule has 2 N–H and O–H groups in total. The van der Waals surface area contributed by atoms with Gasteiger partial charge >= 0.3 is 0 Å². The van der Waals surface area contributed by atoms with Crippen LogP contribution in [-0.4, -0.2) is 31.3 Å². The number of ether oxygens (including phenoxy) is 1. The Morgan fingerprint density at radius 1 is 1.26 bits per heavy atom. The first kappa shape index (κ1) is 14.3. The fourth-order valence-corrected chi connectivity index (χ4v) is 2.83. The Labute approximate surface area is 119 Å². The van der Waals surface area contributed by atoms with Crippen LogP contribution in [0.2, 0.25) is 0 Å². The van der Waals surface area contributed by atoms with Crippen molar-refractivity contribution in [3.63, 3.8) is 0 Å². The Morgan fingerprint density at radius 3 is 2.74 bits per heavy atom. The van der Waals surface area contributed by atoms with Gasteiger partial charge in [0.2, 0.25) is 5.91 Å². The van der Waals surface area contributed by atoms with Crippen LogP contribution in [0, 0.1) is 0 Å². The molecule has 0 aromatic heterocycles. The molecule has 2 atom stereocenters. The van der Waals surface area contributed by atoms with Crippen molar-refractivity contribution in [2.75, 3.05) is 19.8 Å². The molecule has 1 aromatic carbocycles. The minimum absolute atomic E-state index is 0. The lowest BCUT2D eigenvalue weighted by molar-refractivity contribution is -0.139. The predicted molar refractivity (Wildman–Crippen MR) is 75.4 cm³/mol. The third-order valence-electron chi connectivity index (χ3n) is 3.92. The molecule has 4 nitrogen and oxygen atoms in total. The smallest absolute Gasteiger partial charge is 0.227 e. The minimum atomic E-state index is -0.181. The van der Waals surface area contributed by atoms with Gasteiger partial charge in [-0.1, -0.05) is 30.3 Å². The van der Waals surface area contributed by atoms with Crippen LogP contribution < -0.4 is 10.6 Å². The third kappa shape index (κ3) is 2.91. The summed E-state index contributed by atoms with van der Waals surface area (Å²) in [4.78, 5) is 12.0. The Balaban J connectivity index is 0.00000133. The standard InChI is InChI=1S/C14H18N2O2.ClH/c17-13-12(11-4-2-1-3-5-11)8-14(9-16-13)6-7-15-10-18-14;/h1-5,12,15H,6-10H2,(H,16,17);1H. The summed E-state index contributed by atoms with van der Waals surface area (Å²) in [5.74, 6) is 0.0343. The van der Waals surface area contributed by atoms with Crippen molar-refractivity contribution in [2.24, 2.45) is 0 Å². The van der Waals surface area contributed by atoms with E-state index in [0.29, 0.717) is 13.3 Å². The van der Waals surface area contributed by atoms with Gasteiger partial charge in [0.25, 0.3) is 0 Å². The van der Waals surface area contributed by atoms with Crippen molar-refractivity contribution >= 4 is 18.3 Å². The molecule has 5 heteroatoms. The van der Waals surface area contributed by atoms with Crippen LogP contribution in [-0.2, 0) is 9.53 Å². The summed E-state index contributed by atoms with van der Waals surface area (Å²) in [6, 6.07) is 9.97. The summed E-state index contributed by atoms with van der Waals surface area (Å²) in [7, 11) is 0. The molecule has 2 unspecified atom stereocenters. The fraction of sp³-hybridized carbons (Fsp3) is 0.500. The molecule has 0 aliphatic carbocycles. The number of carbonyl (C=O) groups excluding carboxylic acids is 1. The number of amides is 1. The monoisotopic (exact) mass is 282 g/mol. The zero-order chi connectivity index (χ0) is 12.4. The summed E-state index contributed by atoms with van der Waals surface area (Å²) >= 11 is 0. The summed E-state index contributed by atoms with van der Waals surface area (Å²) < 4.78 is 5.88. The van der Waals surface area contributed by atoms with Crippen LogP contribution in [0.25, 0.3) is 0 Å². The lowest BCUT2D eigenvalue weighted by Gasteiger charge is -2.43. The van der Waals surface area contributed by atoms with E-state index in [1.165, 1.54) is 0 Å². The van der Waals surface area contributed by atoms with Crippen LogP contribution in [0.15, 0.2) is 30.3 Å². The quantitative estimate of drug-likeness (QED) is 0.819. The minimum Gasteiger partial charge on any atom is -0.358 e. The molecule has 1 spiro atoms. The molecule has 0 radical (unpaired) electrons. The number of halogens is 1. The van der Waals surface area contributed by atoms with Crippen molar-refractivity contribution in [3.8, 4) is 0 Å². The summed E-state index contributed by atoms with van der Waals surface area (Å²) in [5.41, 5.74) is 0.899. The van der Waals surface area contributed by atoms with Gasteiger partial charge in [-0.3, -0.25) is 10.1 Å². The van der Waals surface area contributed by atoms with Crippen molar-refractivity contribution in [1.29, 1.82) is 0 Å². The van der Waals surface area contributed by atoms with Crippen molar-refractivity contribution in [1.82, 2.24) is 10.6 Å². The Kier molecular flexibility index (Phi) is 4.45. The number of hydrogen-bond acceptors (Lipinski definition) is 3. The second-order valence-corrected chi connectivity index (χ2v) is 5.11. The van der Waals surface area contributed by atoms with Gasteiger partial charge in [-0.25, -0.2) is 0 Å². The van der Waals surface area contributed by atoms with Crippen molar-refractivity contribution in [3.05, 3.63) is 35.9 Å². The molecule has 2 saturated heterocycles. The average molecular weight is 283 g/mol. The SMILES string of the molecule is Cl.O=C1NCC2(CCNCO2)CC1c1ccccc1. The molecule has 0 saturated carbocycles. The molecule has 1 aromatic rings. The van der Waals surface area contributed by atoms with E-state index in [-0.39, 0.29) is 29.8 Å². The predicted octanol–water partition coefficient (Wildman–Crippen LogP) is 1.42. The second-order valence-electron chi connectivity index (χ2n) is 5.11. The molecule has 2 heterocycles. The van der Waals surface area contributed by atoms with Crippen LogP contribution in [0.1, 0.15) is 24.3 Å². The lowest BCUT2D eigenvalue weighted by Crippen LogP contribution is -2.57. The maximum atomic E-state index is 12.0. The highest BCUT2D eigenvalue weighted by Crippen LogP contribution is 2.35. The fourth-order valence-electron chi connectivity index (χ4n) is 2.83. The number of piperidine rings is 1. The number of nitrogens with one attached hydrogen (secondary N) is 2. The van der Waals surface area contributed by atoms with Gasteiger partial charge in [0, 0.05) is 13.1 Å². The Hall–Kier alpha value is -1.10. The van der Waals surface area contributed by atoms with Crippen LogP contribution >= 0.6 is 12.4 Å². The van der Waals surface area contributed by atoms with E-state index in [1.807, 2.05) is 30.3 Å². The Bertz CT molecular complexity index is 432. The van der Waals surface area contributed by atoms with Gasteiger partial charge < -0.3 is 10.1 Å². The number of rotatable bonds is 1. The van der Waals surface area contributed by atoms with Gasteiger partial charge in [0.1, 0.15) is 0 Å². The van der Waals surface area contributed by atoms with E-state index in [4.69, 9.17) is 4.74 Å². The highest BCUT2D eigenvalue weighted by atomic mass is 35.5. The zero-order valence-electron chi connectivity index (χ0n) is 10.7. The first-order valence-electron chi connectivity index (χ1n) is 6.46. The number of carbonyl (C=O) groups is 1. The average Bonchev–Trinajstić information content (AvgIpc) is 2.44. The molecule has 2 aliphatic rings. The third-order valence-corrected chi connectivity index (χ3v) is 3.92. The normalized spacial score (nSPS) is 30.5. The maximum absolute atomic E-state index is 12.0. The molecule has 0 bridgehead atoms. The largest absolute Gasteiger partial charge is 0.358 e. The van der Waals surface area contributed by atoms with Crippen LogP contribution in [0.4, 0.5) is 0 Å². The van der Waals surface area contributed by atoms with E-state index in [1.54, 1.807) is 0 Å². The number of hydrogen-bond donors (Lipinski definition) is 2. The summed E-state index contributed by atoms with van der Waals surface area (Å²) in [6.45, 7) is 2.17. The highest BCUT2D eigenvalue weighted by Gasteiger charge is 2.42. The van der Waals surface area contributed by atoms with E-state index in [9.17, 15) is 4.79 Å². The molecule has 104 valence electrons. The van der Waals surface area contributed by atoms with Gasteiger partial charge in [-0.15, -0.1) is 12.4 Å². The highest BCUT2D eigenvalue weighted by molar-refractivity contribution is 5.85. The van der Waals surface area contributed by atoms with Gasteiger partial charge in [-0.2, -0.15) is 0 Å². The van der Waals surface area contributed by atoms with Gasteiger partial charge in [-0.05, 0) is 18.4 Å². The maximum Gasteiger partial charge on any atom is 0.227 e. The number of benzene rings is 1. The van der Waals surface area contributed by atoms with E-state index in [0.717, 1.165) is 24.9 Å². The molecular weight excluding hydrogens is 264 g/mol. The molecule has 2 fully saturated rings. The first-order chi connectivity index (χ1) is 8.79. The molecule has 1 amide bonds. The first-order valence-corrected chi connectivity index (χ1v) is 6.46. The van der Waals surface area contributed by atoms with Crippen LogP contribution in [0.3, 0.4) is 0 Å². The van der Waals surface area contributed by atoms with E-state index < -0.39 is 0 Å². The second kappa shape index (κ2) is 5.90. The van der Waals surface area contributed by atoms with E-state index in [2.05, 4.69) is 10.6 Å². The Morgan fingerprint density at radius 2 is 2.05 bits per heavy atom. The molecule has 2 aliphatic heterocycles.